The summed E-state index contributed by atoms with van der Waals surface area (Å²) in [5.41, 5.74) is -0.117. The van der Waals surface area contributed by atoms with Crippen LogP contribution in [0.1, 0.15) is 28.5 Å². The molecule has 0 spiro atoms. The molecule has 0 radical (unpaired) electrons. The van der Waals surface area contributed by atoms with E-state index >= 15 is 0 Å². The van der Waals surface area contributed by atoms with Crippen molar-refractivity contribution in [1.29, 1.82) is 0 Å². The molecule has 1 unspecified atom stereocenters. The second-order valence-electron chi connectivity index (χ2n) is 7.13. The Labute approximate surface area is 190 Å². The number of pyridine rings is 2. The van der Waals surface area contributed by atoms with Gasteiger partial charge in [-0.15, -0.1) is 0 Å². The van der Waals surface area contributed by atoms with Crippen molar-refractivity contribution in [3.63, 3.8) is 0 Å². The third kappa shape index (κ3) is 4.49. The topological polar surface area (TPSA) is 121 Å². The van der Waals surface area contributed by atoms with Crippen molar-refractivity contribution < 1.29 is 26.7 Å². The number of aliphatic hydroxyl groups excluding tert-OH is 1. The van der Waals surface area contributed by atoms with Gasteiger partial charge in [0.2, 0.25) is 0 Å². The van der Waals surface area contributed by atoms with Crippen LogP contribution >= 0.6 is 11.6 Å². The van der Waals surface area contributed by atoms with Crippen molar-refractivity contribution in [3.8, 4) is 0 Å². The quantitative estimate of drug-likeness (QED) is 0.380. The van der Waals surface area contributed by atoms with E-state index in [0.717, 1.165) is 12.1 Å². The van der Waals surface area contributed by atoms with Gasteiger partial charge in [-0.05, 0) is 42.8 Å². The van der Waals surface area contributed by atoms with Crippen LogP contribution in [0.4, 0.5) is 18.9 Å². The zero-order valence-corrected chi connectivity index (χ0v) is 18.3. The van der Waals surface area contributed by atoms with Gasteiger partial charge in [0.05, 0.1) is 33.1 Å². The zero-order chi connectivity index (χ0) is 24.0. The lowest BCUT2D eigenvalue weighted by Crippen LogP contribution is -2.18. The molecule has 33 heavy (non-hydrogen) atoms. The van der Waals surface area contributed by atoms with Gasteiger partial charge in [-0.3, -0.25) is 14.8 Å². The number of sulfonamides is 1. The average Bonchev–Trinajstić information content (AvgIpc) is 3.21. The number of aliphatic hydroxyl groups is 1. The van der Waals surface area contributed by atoms with Crippen LogP contribution < -0.4 is 4.72 Å². The first-order chi connectivity index (χ1) is 15.5. The molecule has 3 aromatic heterocycles. The summed E-state index contributed by atoms with van der Waals surface area (Å²) in [7, 11) is -4.49. The van der Waals surface area contributed by atoms with E-state index in [-0.39, 0.29) is 11.4 Å². The molecule has 3 N–H and O–H groups in total. The molecule has 0 amide bonds. The lowest BCUT2D eigenvalue weighted by molar-refractivity contribution is -0.137. The molecule has 1 atom stereocenters. The van der Waals surface area contributed by atoms with E-state index < -0.39 is 37.8 Å². The maximum Gasteiger partial charge on any atom is 0.417 e. The molecule has 0 fully saturated rings. The van der Waals surface area contributed by atoms with Gasteiger partial charge in [-0.2, -0.15) is 18.3 Å². The molecule has 13 heteroatoms. The van der Waals surface area contributed by atoms with E-state index in [1.807, 2.05) is 0 Å². The Bertz CT molecular complexity index is 1460. The number of aromatic amines is 1. The van der Waals surface area contributed by atoms with Gasteiger partial charge in [0.1, 0.15) is 6.10 Å². The highest BCUT2D eigenvalue weighted by atomic mass is 35.5. The predicted octanol–water partition coefficient (Wildman–Crippen LogP) is 4.22. The summed E-state index contributed by atoms with van der Waals surface area (Å²) in [6.45, 7) is 1.64. The van der Waals surface area contributed by atoms with E-state index in [9.17, 15) is 26.7 Å². The summed E-state index contributed by atoms with van der Waals surface area (Å²) >= 11 is 5.59. The third-order valence-electron chi connectivity index (χ3n) is 4.79. The minimum Gasteiger partial charge on any atom is -0.382 e. The Kier molecular flexibility index (Phi) is 5.76. The summed E-state index contributed by atoms with van der Waals surface area (Å²) in [6.07, 6.45) is -1.92. The van der Waals surface area contributed by atoms with Crippen LogP contribution in [0, 0.1) is 6.92 Å². The zero-order valence-electron chi connectivity index (χ0n) is 16.7. The van der Waals surface area contributed by atoms with Crippen molar-refractivity contribution >= 4 is 38.3 Å². The number of anilines is 1. The Morgan fingerprint density at radius 1 is 1.15 bits per heavy atom. The van der Waals surface area contributed by atoms with E-state index in [0.29, 0.717) is 28.2 Å². The van der Waals surface area contributed by atoms with Crippen molar-refractivity contribution in [2.75, 3.05) is 4.72 Å². The number of hydrogen-bond donors (Lipinski definition) is 3. The molecule has 0 bridgehead atoms. The molecule has 0 saturated heterocycles. The molecule has 1 aromatic carbocycles. The summed E-state index contributed by atoms with van der Waals surface area (Å²) in [6, 6.07) is 5.20. The Balaban J connectivity index is 1.77. The molecule has 0 aliphatic carbocycles. The average molecular weight is 498 g/mol. The highest BCUT2D eigenvalue weighted by molar-refractivity contribution is 7.92. The highest BCUT2D eigenvalue weighted by Gasteiger charge is 2.35. The number of aromatic nitrogens is 4. The smallest absolute Gasteiger partial charge is 0.382 e. The fourth-order valence-corrected chi connectivity index (χ4v) is 4.54. The fraction of sp³-hybridized carbons (Fsp3) is 0.150. The number of nitrogens with one attached hydrogen (secondary N) is 2. The van der Waals surface area contributed by atoms with Crippen molar-refractivity contribution in [2.24, 2.45) is 0 Å². The Morgan fingerprint density at radius 3 is 2.64 bits per heavy atom. The minimum atomic E-state index is -4.84. The largest absolute Gasteiger partial charge is 0.417 e. The molecule has 0 saturated carbocycles. The standard InChI is InChI=1S/C20H15ClF3N5O3S/c1-10-6-16(29-33(31,32)11-2-3-15(21)14(7-11)20(22,23)24)17(26-8-10)18(30)12-4-5-25-19-13(12)9-27-28-19/h2-9,18,29-30H,1H3,(H,25,27,28). The number of hydrogen-bond acceptors (Lipinski definition) is 6. The molecule has 3 heterocycles. The second-order valence-corrected chi connectivity index (χ2v) is 9.21. The highest BCUT2D eigenvalue weighted by Crippen LogP contribution is 2.37. The molecule has 4 aromatic rings. The predicted molar refractivity (Wildman–Crippen MR) is 114 cm³/mol. The number of rotatable bonds is 5. The van der Waals surface area contributed by atoms with Gasteiger partial charge in [0.15, 0.2) is 5.65 Å². The number of halogens is 4. The van der Waals surface area contributed by atoms with Crippen LogP contribution in [0.5, 0.6) is 0 Å². The van der Waals surface area contributed by atoms with E-state index in [1.54, 1.807) is 6.92 Å². The number of H-pyrrole nitrogens is 1. The molecule has 8 nitrogen and oxygen atoms in total. The van der Waals surface area contributed by atoms with E-state index in [2.05, 4.69) is 24.9 Å². The number of aryl methyl sites for hydroxylation is 1. The number of fused-ring (bicyclic) bond motifs is 1. The number of benzene rings is 1. The summed E-state index contributed by atoms with van der Waals surface area (Å²) in [5.74, 6) is 0. The van der Waals surface area contributed by atoms with Crippen LogP contribution in [-0.4, -0.2) is 33.7 Å². The molecule has 0 aliphatic heterocycles. The van der Waals surface area contributed by atoms with Crippen LogP contribution in [-0.2, 0) is 16.2 Å². The number of nitrogens with zero attached hydrogens (tertiary/aromatic N) is 3. The van der Waals surface area contributed by atoms with Crippen LogP contribution in [0.3, 0.4) is 0 Å². The SMILES string of the molecule is Cc1cnc(C(O)c2ccnc3[nH]ncc23)c(NS(=O)(=O)c2ccc(Cl)c(C(F)(F)F)c2)c1. The fourth-order valence-electron chi connectivity index (χ4n) is 3.23. The van der Waals surface area contributed by atoms with E-state index in [1.165, 1.54) is 30.7 Å². The van der Waals surface area contributed by atoms with Crippen molar-refractivity contribution in [3.05, 3.63) is 76.3 Å². The minimum absolute atomic E-state index is 0.0529. The maximum absolute atomic E-state index is 13.2. The van der Waals surface area contributed by atoms with Gasteiger partial charge < -0.3 is 5.11 Å². The Hall–Kier alpha value is -3.22. The van der Waals surface area contributed by atoms with Gasteiger partial charge in [-0.25, -0.2) is 13.4 Å². The normalized spacial score (nSPS) is 13.3. The van der Waals surface area contributed by atoms with Gasteiger partial charge in [0, 0.05) is 23.3 Å². The van der Waals surface area contributed by atoms with Crippen LogP contribution in [0.2, 0.25) is 5.02 Å². The van der Waals surface area contributed by atoms with E-state index in [4.69, 9.17) is 11.6 Å². The van der Waals surface area contributed by atoms with Crippen molar-refractivity contribution in [2.45, 2.75) is 24.1 Å². The summed E-state index contributed by atoms with van der Waals surface area (Å²) in [4.78, 5) is 7.60. The van der Waals surface area contributed by atoms with Crippen LogP contribution in [0.25, 0.3) is 11.0 Å². The Morgan fingerprint density at radius 2 is 1.91 bits per heavy atom. The third-order valence-corrected chi connectivity index (χ3v) is 6.49. The molecular weight excluding hydrogens is 483 g/mol. The maximum atomic E-state index is 13.2. The summed E-state index contributed by atoms with van der Waals surface area (Å²) in [5, 5.41) is 17.4. The molecule has 0 aliphatic rings. The first kappa shape index (κ1) is 23.0. The molecule has 4 rings (SSSR count). The lowest BCUT2D eigenvalue weighted by atomic mass is 10.0. The summed E-state index contributed by atoms with van der Waals surface area (Å²) < 4.78 is 67.7. The van der Waals surface area contributed by atoms with Crippen LogP contribution in [0.15, 0.2) is 53.8 Å². The first-order valence-corrected chi connectivity index (χ1v) is 11.2. The monoisotopic (exact) mass is 497 g/mol. The first-order valence-electron chi connectivity index (χ1n) is 9.29. The lowest BCUT2D eigenvalue weighted by Gasteiger charge is -2.18. The van der Waals surface area contributed by atoms with Gasteiger partial charge >= 0.3 is 6.18 Å². The van der Waals surface area contributed by atoms with Gasteiger partial charge in [-0.1, -0.05) is 11.6 Å². The molecular formula is C20H15ClF3N5O3S. The van der Waals surface area contributed by atoms with Gasteiger partial charge in [0.25, 0.3) is 10.0 Å². The number of alkyl halides is 3. The molecule has 172 valence electrons. The second kappa shape index (κ2) is 8.28. The van der Waals surface area contributed by atoms with Crippen molar-refractivity contribution in [1.82, 2.24) is 20.2 Å².